The van der Waals surface area contributed by atoms with E-state index < -0.39 is 10.1 Å². The van der Waals surface area contributed by atoms with Crippen molar-refractivity contribution < 1.29 is 31.9 Å². The van der Waals surface area contributed by atoms with Gasteiger partial charge in [-0.1, -0.05) is 6.07 Å². The summed E-state index contributed by atoms with van der Waals surface area (Å²) in [7, 11) is 0.00927. The fraction of sp³-hybridized carbons (Fsp3) is 0.333. The van der Waals surface area contributed by atoms with E-state index in [0.717, 1.165) is 0 Å². The molecule has 0 heterocycles. The van der Waals surface area contributed by atoms with Gasteiger partial charge in [0, 0.05) is 0 Å². The van der Waals surface area contributed by atoms with E-state index in [1.165, 1.54) is 33.5 Å². The van der Waals surface area contributed by atoms with Crippen molar-refractivity contribution in [2.45, 2.75) is 24.8 Å². The van der Waals surface area contributed by atoms with Gasteiger partial charge in [-0.25, -0.2) is 0 Å². The van der Waals surface area contributed by atoms with Crippen LogP contribution in [0.15, 0.2) is 35.2 Å². The maximum atomic E-state index is 11.8. The number of hydrogen-bond donors (Lipinski definition) is 1. The van der Waals surface area contributed by atoms with Crippen molar-refractivity contribution in [1.82, 2.24) is 0 Å². The van der Waals surface area contributed by atoms with Crippen molar-refractivity contribution >= 4 is 10.1 Å². The van der Waals surface area contributed by atoms with Crippen LogP contribution < -0.4 is 18.9 Å². The van der Waals surface area contributed by atoms with Crippen molar-refractivity contribution in [3.8, 4) is 34.1 Å². The fourth-order valence-electron chi connectivity index (χ4n) is 2.49. The Balaban J connectivity index is 2.66. The normalized spacial score (nSPS) is 11.3. The molecule has 0 atom stereocenters. The summed E-state index contributed by atoms with van der Waals surface area (Å²) < 4.78 is 54.5. The van der Waals surface area contributed by atoms with Crippen LogP contribution in [0.4, 0.5) is 0 Å². The Bertz CT molecular complexity index is 863. The van der Waals surface area contributed by atoms with Crippen LogP contribution in [0, 0.1) is 0 Å². The molecular weight excluding hydrogens is 360 g/mol. The quantitative estimate of drug-likeness (QED) is 0.734. The molecule has 0 saturated carbocycles. The third-order valence-electron chi connectivity index (χ3n) is 3.58. The lowest BCUT2D eigenvalue weighted by Gasteiger charge is -2.16. The Morgan fingerprint density at radius 2 is 1.42 bits per heavy atom. The van der Waals surface area contributed by atoms with Crippen LogP contribution in [-0.4, -0.2) is 40.4 Å². The molecule has 0 saturated heterocycles. The summed E-state index contributed by atoms with van der Waals surface area (Å²) in [5, 5.41) is 0. The molecular formula is C18H22O7S. The Labute approximate surface area is 153 Å². The number of rotatable bonds is 7. The van der Waals surface area contributed by atoms with E-state index in [1.54, 1.807) is 32.0 Å². The van der Waals surface area contributed by atoms with Crippen LogP contribution in [0.3, 0.4) is 0 Å². The number of ether oxygens (including phenoxy) is 4. The zero-order valence-electron chi connectivity index (χ0n) is 15.3. The van der Waals surface area contributed by atoms with Gasteiger partial charge in [-0.3, -0.25) is 4.55 Å². The van der Waals surface area contributed by atoms with E-state index in [2.05, 4.69) is 0 Å². The highest BCUT2D eigenvalue weighted by Crippen LogP contribution is 2.42. The minimum atomic E-state index is -4.47. The van der Waals surface area contributed by atoms with Gasteiger partial charge in [0.05, 0.1) is 27.4 Å². The molecule has 0 aliphatic heterocycles. The lowest BCUT2D eigenvalue weighted by atomic mass is 10.0. The molecule has 1 N–H and O–H groups in total. The maximum absolute atomic E-state index is 11.8. The summed E-state index contributed by atoms with van der Waals surface area (Å²) >= 11 is 0. The van der Waals surface area contributed by atoms with Gasteiger partial charge in [-0.05, 0) is 49.2 Å². The monoisotopic (exact) mass is 382 g/mol. The first kappa shape index (κ1) is 19.9. The van der Waals surface area contributed by atoms with E-state index in [-0.39, 0.29) is 16.7 Å². The first-order valence-electron chi connectivity index (χ1n) is 7.79. The molecule has 7 nitrogen and oxygen atoms in total. The SMILES string of the molecule is COc1cc(-c2ccc(OC(C)C)c(S(=O)(=O)O)c2)cc(OC)c1OC. The Hall–Kier alpha value is -2.45. The van der Waals surface area contributed by atoms with Crippen LogP contribution in [-0.2, 0) is 10.1 Å². The Kier molecular flexibility index (Phi) is 5.99. The topological polar surface area (TPSA) is 91.3 Å². The summed E-state index contributed by atoms with van der Waals surface area (Å²) in [4.78, 5) is -0.308. The fourth-order valence-corrected chi connectivity index (χ4v) is 3.13. The molecule has 0 unspecified atom stereocenters. The highest BCUT2D eigenvalue weighted by atomic mass is 32.2. The van der Waals surface area contributed by atoms with Gasteiger partial charge in [-0.2, -0.15) is 8.42 Å². The summed E-state index contributed by atoms with van der Waals surface area (Å²) in [6.07, 6.45) is -0.248. The van der Waals surface area contributed by atoms with Crippen molar-refractivity contribution in [2.75, 3.05) is 21.3 Å². The van der Waals surface area contributed by atoms with Gasteiger partial charge in [-0.15, -0.1) is 0 Å². The van der Waals surface area contributed by atoms with E-state index >= 15 is 0 Å². The zero-order chi connectivity index (χ0) is 19.5. The molecule has 0 spiro atoms. The summed E-state index contributed by atoms with van der Waals surface area (Å²) in [5.74, 6) is 1.36. The van der Waals surface area contributed by atoms with Gasteiger partial charge < -0.3 is 18.9 Å². The first-order chi connectivity index (χ1) is 12.2. The lowest BCUT2D eigenvalue weighted by Crippen LogP contribution is -2.10. The number of hydrogen-bond acceptors (Lipinski definition) is 6. The van der Waals surface area contributed by atoms with Crippen molar-refractivity contribution in [2.24, 2.45) is 0 Å². The van der Waals surface area contributed by atoms with E-state index in [0.29, 0.717) is 28.4 Å². The Morgan fingerprint density at radius 3 is 1.85 bits per heavy atom. The summed E-state index contributed by atoms with van der Waals surface area (Å²) in [6.45, 7) is 3.53. The number of methoxy groups -OCH3 is 3. The standard InChI is InChI=1S/C18H22O7S/c1-11(2)25-14-7-6-12(10-17(14)26(19,20)21)13-8-15(22-3)18(24-5)16(9-13)23-4/h6-11H,1-5H3,(H,19,20,21). The Morgan fingerprint density at radius 1 is 0.846 bits per heavy atom. The molecule has 2 aromatic carbocycles. The lowest BCUT2D eigenvalue weighted by molar-refractivity contribution is 0.235. The largest absolute Gasteiger partial charge is 0.493 e. The average Bonchev–Trinajstić information content (AvgIpc) is 2.59. The van der Waals surface area contributed by atoms with Gasteiger partial charge in [0.2, 0.25) is 5.75 Å². The van der Waals surface area contributed by atoms with Crippen LogP contribution >= 0.6 is 0 Å². The molecule has 26 heavy (non-hydrogen) atoms. The second-order valence-electron chi connectivity index (χ2n) is 5.72. The van der Waals surface area contributed by atoms with Crippen molar-refractivity contribution in [3.05, 3.63) is 30.3 Å². The van der Waals surface area contributed by atoms with Gasteiger partial charge >= 0.3 is 0 Å². The van der Waals surface area contributed by atoms with Crippen molar-refractivity contribution in [1.29, 1.82) is 0 Å². The molecule has 0 bridgehead atoms. The third-order valence-corrected chi connectivity index (χ3v) is 4.46. The van der Waals surface area contributed by atoms with E-state index in [4.69, 9.17) is 18.9 Å². The molecule has 0 amide bonds. The minimum Gasteiger partial charge on any atom is -0.493 e. The molecule has 0 radical (unpaired) electrons. The van der Waals surface area contributed by atoms with Crippen LogP contribution in [0.1, 0.15) is 13.8 Å². The molecule has 0 aromatic heterocycles. The number of benzene rings is 2. The maximum Gasteiger partial charge on any atom is 0.298 e. The zero-order valence-corrected chi connectivity index (χ0v) is 16.1. The molecule has 8 heteroatoms. The smallest absolute Gasteiger partial charge is 0.298 e. The molecule has 0 fully saturated rings. The highest BCUT2D eigenvalue weighted by Gasteiger charge is 2.20. The first-order valence-corrected chi connectivity index (χ1v) is 9.23. The van der Waals surface area contributed by atoms with Gasteiger partial charge in [0.1, 0.15) is 10.6 Å². The third kappa shape index (κ3) is 4.20. The van der Waals surface area contributed by atoms with E-state index in [9.17, 15) is 13.0 Å². The summed E-state index contributed by atoms with van der Waals surface area (Å²) in [6, 6.07) is 7.91. The molecule has 2 aromatic rings. The second-order valence-corrected chi connectivity index (χ2v) is 7.11. The molecule has 2 rings (SSSR count). The predicted octanol–water partition coefficient (Wildman–Crippen LogP) is 3.41. The van der Waals surface area contributed by atoms with Crippen LogP contribution in [0.5, 0.6) is 23.0 Å². The van der Waals surface area contributed by atoms with E-state index in [1.807, 2.05) is 0 Å². The highest BCUT2D eigenvalue weighted by molar-refractivity contribution is 7.86. The van der Waals surface area contributed by atoms with Crippen LogP contribution in [0.25, 0.3) is 11.1 Å². The minimum absolute atomic E-state index is 0.0821. The van der Waals surface area contributed by atoms with Crippen molar-refractivity contribution in [3.63, 3.8) is 0 Å². The molecule has 0 aliphatic rings. The second kappa shape index (κ2) is 7.84. The van der Waals surface area contributed by atoms with Crippen LogP contribution in [0.2, 0.25) is 0 Å². The summed E-state index contributed by atoms with van der Waals surface area (Å²) in [5.41, 5.74) is 1.16. The molecule has 142 valence electrons. The van der Waals surface area contributed by atoms with Gasteiger partial charge in [0.15, 0.2) is 11.5 Å². The predicted molar refractivity (Wildman–Crippen MR) is 97.1 cm³/mol. The average molecular weight is 382 g/mol. The van der Waals surface area contributed by atoms with Gasteiger partial charge in [0.25, 0.3) is 10.1 Å². The molecule has 0 aliphatic carbocycles.